The molecule has 0 unspecified atom stereocenters. The number of carbonyl (C=O) groups is 1. The maximum atomic E-state index is 12.8. The summed E-state index contributed by atoms with van der Waals surface area (Å²) in [5.41, 5.74) is -2.96. The predicted octanol–water partition coefficient (Wildman–Crippen LogP) is 4.46. The van der Waals surface area contributed by atoms with E-state index >= 15 is 0 Å². The second kappa shape index (κ2) is 7.03. The van der Waals surface area contributed by atoms with Gasteiger partial charge in [0.25, 0.3) is 5.91 Å². The largest absolute Gasteiger partial charge is 0.416 e. The Morgan fingerprint density at radius 1 is 1.08 bits per heavy atom. The maximum Gasteiger partial charge on any atom is 0.416 e. The number of halogens is 6. The van der Waals surface area contributed by atoms with Crippen molar-refractivity contribution in [1.29, 1.82) is 0 Å². The van der Waals surface area contributed by atoms with Crippen LogP contribution in [0.5, 0.6) is 0 Å². The van der Waals surface area contributed by atoms with Gasteiger partial charge >= 0.3 is 12.4 Å². The average Bonchev–Trinajstić information content (AvgIpc) is 2.90. The number of alkyl halides is 6. The zero-order chi connectivity index (χ0) is 18.8. The molecule has 1 amide bonds. The summed E-state index contributed by atoms with van der Waals surface area (Å²) in [5, 5.41) is 4.80. The lowest BCUT2D eigenvalue weighted by atomic mass is 10.0. The molecule has 0 aliphatic heterocycles. The van der Waals surface area contributed by atoms with Crippen LogP contribution in [0.15, 0.2) is 23.6 Å². The summed E-state index contributed by atoms with van der Waals surface area (Å²) in [4.78, 5) is 16.1. The second-order valence-electron chi connectivity index (χ2n) is 5.18. The monoisotopic (exact) mass is 382 g/mol. The lowest BCUT2D eigenvalue weighted by Crippen LogP contribution is -2.26. The van der Waals surface area contributed by atoms with Gasteiger partial charge in [0.1, 0.15) is 0 Å². The molecule has 25 heavy (non-hydrogen) atoms. The van der Waals surface area contributed by atoms with E-state index in [0.29, 0.717) is 23.6 Å². The number of hydrogen-bond acceptors (Lipinski definition) is 3. The van der Waals surface area contributed by atoms with Gasteiger partial charge in [0, 0.05) is 29.6 Å². The van der Waals surface area contributed by atoms with Crippen molar-refractivity contribution in [3.05, 3.63) is 51.0 Å². The van der Waals surface area contributed by atoms with Crippen molar-refractivity contribution in [2.75, 3.05) is 6.54 Å². The van der Waals surface area contributed by atoms with Gasteiger partial charge in [0.2, 0.25) is 0 Å². The summed E-state index contributed by atoms with van der Waals surface area (Å²) in [5.74, 6) is -1.01. The summed E-state index contributed by atoms with van der Waals surface area (Å²) >= 11 is 1.35. The first kappa shape index (κ1) is 19.2. The molecule has 136 valence electrons. The fraction of sp³-hybridized carbons (Fsp3) is 0.333. The van der Waals surface area contributed by atoms with Crippen molar-refractivity contribution >= 4 is 17.2 Å². The van der Waals surface area contributed by atoms with Crippen LogP contribution in [0.2, 0.25) is 0 Å². The number of aryl methyl sites for hydroxylation is 1. The molecule has 3 nitrogen and oxygen atoms in total. The zero-order valence-corrected chi connectivity index (χ0v) is 13.6. The molecule has 0 aliphatic rings. The summed E-state index contributed by atoms with van der Waals surface area (Å²) in [6, 6.07) is 0.783. The van der Waals surface area contributed by atoms with Crippen LogP contribution in [0.1, 0.15) is 32.2 Å². The summed E-state index contributed by atoms with van der Waals surface area (Å²) in [7, 11) is 0. The number of benzene rings is 1. The Bertz CT molecular complexity index is 734. The fourth-order valence-corrected chi connectivity index (χ4v) is 2.76. The maximum absolute atomic E-state index is 12.8. The lowest BCUT2D eigenvalue weighted by Gasteiger charge is -2.14. The van der Waals surface area contributed by atoms with Crippen LogP contribution >= 0.6 is 11.3 Å². The number of amides is 1. The van der Waals surface area contributed by atoms with E-state index in [4.69, 9.17) is 0 Å². The molecule has 1 heterocycles. The molecule has 0 atom stereocenters. The molecule has 2 rings (SSSR count). The molecule has 0 radical (unpaired) electrons. The van der Waals surface area contributed by atoms with Gasteiger partial charge in [-0.3, -0.25) is 4.79 Å². The van der Waals surface area contributed by atoms with Gasteiger partial charge in [-0.1, -0.05) is 0 Å². The Kier molecular flexibility index (Phi) is 5.40. The van der Waals surface area contributed by atoms with Crippen molar-refractivity contribution in [3.8, 4) is 0 Å². The third kappa shape index (κ3) is 5.18. The molecule has 0 saturated heterocycles. The smallest absolute Gasteiger partial charge is 0.352 e. The SMILES string of the molecule is Cc1csc(CCNC(=O)c2cc(C(F)(F)F)cc(C(F)(F)F)c2)n1. The number of carbonyl (C=O) groups excluding carboxylic acids is 1. The van der Waals surface area contributed by atoms with E-state index < -0.39 is 35.0 Å². The Morgan fingerprint density at radius 2 is 1.64 bits per heavy atom. The molecular weight excluding hydrogens is 370 g/mol. The van der Waals surface area contributed by atoms with Gasteiger partial charge in [-0.2, -0.15) is 26.3 Å². The third-order valence-electron chi connectivity index (χ3n) is 3.14. The number of nitrogens with zero attached hydrogens (tertiary/aromatic N) is 1. The number of hydrogen-bond donors (Lipinski definition) is 1. The van der Waals surface area contributed by atoms with E-state index in [-0.39, 0.29) is 12.6 Å². The number of aromatic nitrogens is 1. The van der Waals surface area contributed by atoms with E-state index in [2.05, 4.69) is 10.3 Å². The highest BCUT2D eigenvalue weighted by Crippen LogP contribution is 2.36. The summed E-state index contributed by atoms with van der Waals surface area (Å²) in [6.45, 7) is 1.82. The molecule has 0 aliphatic carbocycles. The highest BCUT2D eigenvalue weighted by molar-refractivity contribution is 7.09. The van der Waals surface area contributed by atoms with E-state index in [1.54, 1.807) is 12.3 Å². The molecule has 1 aromatic carbocycles. The van der Waals surface area contributed by atoms with E-state index in [1.165, 1.54) is 11.3 Å². The van der Waals surface area contributed by atoms with Crippen molar-refractivity contribution in [2.24, 2.45) is 0 Å². The van der Waals surface area contributed by atoms with Crippen molar-refractivity contribution in [2.45, 2.75) is 25.7 Å². The highest BCUT2D eigenvalue weighted by Gasteiger charge is 2.37. The minimum Gasteiger partial charge on any atom is -0.352 e. The van der Waals surface area contributed by atoms with Gasteiger partial charge in [-0.25, -0.2) is 4.98 Å². The summed E-state index contributed by atoms with van der Waals surface area (Å²) < 4.78 is 76.6. The van der Waals surface area contributed by atoms with Crippen LogP contribution in [-0.2, 0) is 18.8 Å². The fourth-order valence-electron chi connectivity index (χ4n) is 1.99. The molecule has 0 spiro atoms. The third-order valence-corrected chi connectivity index (χ3v) is 4.17. The molecule has 1 aromatic heterocycles. The lowest BCUT2D eigenvalue weighted by molar-refractivity contribution is -0.143. The van der Waals surface area contributed by atoms with Crippen LogP contribution in [0.3, 0.4) is 0 Å². The highest BCUT2D eigenvalue weighted by atomic mass is 32.1. The zero-order valence-electron chi connectivity index (χ0n) is 12.8. The predicted molar refractivity (Wildman–Crippen MR) is 79.3 cm³/mol. The van der Waals surface area contributed by atoms with E-state index in [9.17, 15) is 31.1 Å². The van der Waals surface area contributed by atoms with E-state index in [1.807, 2.05) is 0 Å². The van der Waals surface area contributed by atoms with Gasteiger partial charge in [-0.05, 0) is 25.1 Å². The molecule has 2 aromatic rings. The number of nitrogens with one attached hydrogen (secondary N) is 1. The average molecular weight is 382 g/mol. The van der Waals surface area contributed by atoms with Crippen molar-refractivity contribution in [3.63, 3.8) is 0 Å². The van der Waals surface area contributed by atoms with Crippen LogP contribution in [0, 0.1) is 6.92 Å². The van der Waals surface area contributed by atoms with Gasteiger partial charge in [0.05, 0.1) is 16.1 Å². The minimum atomic E-state index is -4.99. The van der Waals surface area contributed by atoms with Crippen LogP contribution in [0.4, 0.5) is 26.3 Å². The summed E-state index contributed by atoms with van der Waals surface area (Å²) in [6.07, 6.45) is -9.65. The molecule has 0 fully saturated rings. The first-order valence-electron chi connectivity index (χ1n) is 6.95. The van der Waals surface area contributed by atoms with Gasteiger partial charge in [-0.15, -0.1) is 11.3 Å². The quantitative estimate of drug-likeness (QED) is 0.794. The van der Waals surface area contributed by atoms with Crippen LogP contribution < -0.4 is 5.32 Å². The number of thiazole rings is 1. The Morgan fingerprint density at radius 3 is 2.08 bits per heavy atom. The second-order valence-corrected chi connectivity index (χ2v) is 6.13. The van der Waals surface area contributed by atoms with Gasteiger partial charge < -0.3 is 5.32 Å². The molecular formula is C15H12F6N2OS. The molecule has 0 bridgehead atoms. The topological polar surface area (TPSA) is 42.0 Å². The normalized spacial score (nSPS) is 12.3. The van der Waals surface area contributed by atoms with Crippen LogP contribution in [0.25, 0.3) is 0 Å². The van der Waals surface area contributed by atoms with E-state index in [0.717, 1.165) is 5.69 Å². The van der Waals surface area contributed by atoms with Crippen molar-refractivity contribution < 1.29 is 31.1 Å². The van der Waals surface area contributed by atoms with Crippen LogP contribution in [-0.4, -0.2) is 17.4 Å². The van der Waals surface area contributed by atoms with Gasteiger partial charge in [0.15, 0.2) is 0 Å². The van der Waals surface area contributed by atoms with Crippen molar-refractivity contribution in [1.82, 2.24) is 10.3 Å². The Balaban J connectivity index is 2.17. The number of rotatable bonds is 4. The molecule has 10 heteroatoms. The first-order valence-corrected chi connectivity index (χ1v) is 7.83. The first-order chi connectivity index (χ1) is 11.5. The molecule has 1 N–H and O–H groups in total. The molecule has 0 saturated carbocycles. The Labute approximate surface area is 142 Å². The standard InChI is InChI=1S/C15H12F6N2OS/c1-8-7-25-12(23-8)2-3-22-13(24)9-4-10(14(16,17)18)6-11(5-9)15(19,20)21/h4-7H,2-3H2,1H3,(H,22,24). The minimum absolute atomic E-state index is 0.0187. The Hall–Kier alpha value is -2.10.